The number of nitrogens with zero attached hydrogens (tertiary/aromatic N) is 1. The normalized spacial score (nSPS) is 11.9. The molecule has 2 N–H and O–H groups in total. The molecule has 0 saturated heterocycles. The van der Waals surface area contributed by atoms with Crippen LogP contribution in [0.3, 0.4) is 0 Å². The Morgan fingerprint density at radius 3 is 2.82 bits per heavy atom. The Morgan fingerprint density at radius 1 is 1.53 bits per heavy atom. The van der Waals surface area contributed by atoms with Crippen LogP contribution in [-0.4, -0.2) is 28.5 Å². The topological polar surface area (TPSA) is 79.3 Å². The second-order valence-electron chi connectivity index (χ2n) is 3.97. The Balaban J connectivity index is 2.43. The summed E-state index contributed by atoms with van der Waals surface area (Å²) in [6, 6.07) is 3.32. The first-order valence-electron chi connectivity index (χ1n) is 5.44. The molecule has 0 spiro atoms. The van der Waals surface area contributed by atoms with E-state index in [1.807, 2.05) is 6.92 Å². The number of aromatic nitrogens is 1. The van der Waals surface area contributed by atoms with E-state index < -0.39 is 11.9 Å². The summed E-state index contributed by atoms with van der Waals surface area (Å²) in [7, 11) is 0. The van der Waals surface area contributed by atoms with Crippen LogP contribution in [0.1, 0.15) is 29.4 Å². The van der Waals surface area contributed by atoms with Crippen LogP contribution in [0, 0.1) is 12.8 Å². The van der Waals surface area contributed by atoms with Gasteiger partial charge in [0.25, 0.3) is 5.91 Å². The zero-order valence-electron chi connectivity index (χ0n) is 9.93. The van der Waals surface area contributed by atoms with Crippen molar-refractivity contribution < 1.29 is 14.7 Å². The lowest BCUT2D eigenvalue weighted by Crippen LogP contribution is -2.27. The average molecular weight is 236 g/mol. The van der Waals surface area contributed by atoms with Crippen LogP contribution >= 0.6 is 0 Å². The van der Waals surface area contributed by atoms with Crippen LogP contribution in [0.15, 0.2) is 18.3 Å². The summed E-state index contributed by atoms with van der Waals surface area (Å²) in [5.41, 5.74) is 1.32. The molecule has 0 bridgehead atoms. The van der Waals surface area contributed by atoms with E-state index in [-0.39, 0.29) is 5.91 Å². The van der Waals surface area contributed by atoms with Gasteiger partial charge in [-0.2, -0.15) is 0 Å². The predicted octanol–water partition coefficient (Wildman–Crippen LogP) is 1.23. The largest absolute Gasteiger partial charge is 0.481 e. The van der Waals surface area contributed by atoms with Gasteiger partial charge in [0, 0.05) is 24.0 Å². The Bertz CT molecular complexity index is 418. The third kappa shape index (κ3) is 4.22. The van der Waals surface area contributed by atoms with E-state index in [0.717, 1.165) is 5.69 Å². The maximum atomic E-state index is 11.7. The zero-order chi connectivity index (χ0) is 12.8. The van der Waals surface area contributed by atoms with E-state index in [9.17, 15) is 9.59 Å². The number of aryl methyl sites for hydroxylation is 1. The molecule has 1 unspecified atom stereocenters. The fourth-order valence-electron chi connectivity index (χ4n) is 1.31. The van der Waals surface area contributed by atoms with Crippen molar-refractivity contribution in [1.29, 1.82) is 0 Å². The average Bonchev–Trinajstić information content (AvgIpc) is 2.28. The van der Waals surface area contributed by atoms with Gasteiger partial charge in [0.05, 0.1) is 5.92 Å². The Labute approximate surface area is 99.9 Å². The monoisotopic (exact) mass is 236 g/mol. The molecule has 0 saturated carbocycles. The van der Waals surface area contributed by atoms with E-state index >= 15 is 0 Å². The van der Waals surface area contributed by atoms with E-state index in [4.69, 9.17) is 5.11 Å². The van der Waals surface area contributed by atoms with Gasteiger partial charge in [-0.05, 0) is 25.5 Å². The molecule has 5 heteroatoms. The fraction of sp³-hybridized carbons (Fsp3) is 0.417. The number of pyridine rings is 1. The number of carbonyl (C=O) groups excluding carboxylic acids is 1. The van der Waals surface area contributed by atoms with Gasteiger partial charge >= 0.3 is 5.97 Å². The lowest BCUT2D eigenvalue weighted by atomic mass is 10.1. The molecular formula is C12H16N2O3. The zero-order valence-corrected chi connectivity index (χ0v) is 9.93. The molecule has 1 rings (SSSR count). The van der Waals surface area contributed by atoms with Crippen molar-refractivity contribution in [3.63, 3.8) is 0 Å². The molecule has 17 heavy (non-hydrogen) atoms. The van der Waals surface area contributed by atoms with Crippen LogP contribution < -0.4 is 5.32 Å². The third-order valence-electron chi connectivity index (χ3n) is 2.44. The summed E-state index contributed by atoms with van der Waals surface area (Å²) in [6.07, 6.45) is 2.00. The molecule has 92 valence electrons. The number of carboxylic acids is 1. The Hall–Kier alpha value is -1.91. The smallest absolute Gasteiger partial charge is 0.306 e. The quantitative estimate of drug-likeness (QED) is 0.805. The van der Waals surface area contributed by atoms with Crippen molar-refractivity contribution in [2.45, 2.75) is 20.3 Å². The number of hydrogen-bond donors (Lipinski definition) is 2. The molecule has 0 aromatic carbocycles. The number of nitrogens with one attached hydrogen (secondary N) is 1. The highest BCUT2D eigenvalue weighted by Gasteiger charge is 2.11. The van der Waals surface area contributed by atoms with Gasteiger partial charge in [-0.15, -0.1) is 0 Å². The van der Waals surface area contributed by atoms with Crippen LogP contribution in [-0.2, 0) is 4.79 Å². The second kappa shape index (κ2) is 5.98. The molecule has 1 heterocycles. The number of amides is 1. The summed E-state index contributed by atoms with van der Waals surface area (Å²) in [6.45, 7) is 3.78. The Morgan fingerprint density at radius 2 is 2.24 bits per heavy atom. The number of carboxylic acid groups (broad SMARTS) is 1. The third-order valence-corrected chi connectivity index (χ3v) is 2.44. The molecule has 0 aliphatic carbocycles. The van der Waals surface area contributed by atoms with E-state index in [1.165, 1.54) is 0 Å². The van der Waals surface area contributed by atoms with Crippen LogP contribution in [0.2, 0.25) is 0 Å². The van der Waals surface area contributed by atoms with Crippen molar-refractivity contribution in [3.05, 3.63) is 29.6 Å². The minimum atomic E-state index is -0.848. The molecule has 0 fully saturated rings. The van der Waals surface area contributed by atoms with Gasteiger partial charge in [0.15, 0.2) is 0 Å². The summed E-state index contributed by atoms with van der Waals surface area (Å²) in [5.74, 6) is -1.50. The number of rotatable bonds is 5. The van der Waals surface area contributed by atoms with Crippen LogP contribution in [0.5, 0.6) is 0 Å². The highest BCUT2D eigenvalue weighted by Crippen LogP contribution is 2.02. The molecular weight excluding hydrogens is 220 g/mol. The van der Waals surface area contributed by atoms with Gasteiger partial charge in [-0.3, -0.25) is 14.6 Å². The highest BCUT2D eigenvalue weighted by atomic mass is 16.4. The second-order valence-corrected chi connectivity index (χ2v) is 3.97. The number of hydrogen-bond acceptors (Lipinski definition) is 3. The van der Waals surface area contributed by atoms with E-state index in [2.05, 4.69) is 10.3 Å². The molecule has 1 aromatic heterocycles. The van der Waals surface area contributed by atoms with Crippen molar-refractivity contribution in [1.82, 2.24) is 10.3 Å². The van der Waals surface area contributed by atoms with Gasteiger partial charge in [-0.1, -0.05) is 6.92 Å². The minimum absolute atomic E-state index is 0.201. The first-order valence-corrected chi connectivity index (χ1v) is 5.44. The minimum Gasteiger partial charge on any atom is -0.481 e. The summed E-state index contributed by atoms with van der Waals surface area (Å²) in [4.78, 5) is 26.2. The van der Waals surface area contributed by atoms with Crippen molar-refractivity contribution in [2.75, 3.05) is 6.54 Å². The number of carbonyl (C=O) groups is 2. The van der Waals surface area contributed by atoms with Crippen molar-refractivity contribution in [3.8, 4) is 0 Å². The van der Waals surface area contributed by atoms with Crippen molar-refractivity contribution >= 4 is 11.9 Å². The van der Waals surface area contributed by atoms with Crippen LogP contribution in [0.25, 0.3) is 0 Å². The summed E-state index contributed by atoms with van der Waals surface area (Å²) in [5, 5.41) is 11.4. The maximum absolute atomic E-state index is 11.7. The molecule has 0 aliphatic heterocycles. The number of aliphatic carboxylic acids is 1. The maximum Gasteiger partial charge on any atom is 0.306 e. The van der Waals surface area contributed by atoms with E-state index in [1.54, 1.807) is 25.3 Å². The van der Waals surface area contributed by atoms with Crippen molar-refractivity contribution in [2.24, 2.45) is 5.92 Å². The molecule has 0 radical (unpaired) electrons. The first kappa shape index (κ1) is 13.2. The lowest BCUT2D eigenvalue weighted by molar-refractivity contribution is -0.141. The molecule has 0 aliphatic rings. The predicted molar refractivity (Wildman–Crippen MR) is 62.7 cm³/mol. The van der Waals surface area contributed by atoms with Gasteiger partial charge in [-0.25, -0.2) is 0 Å². The molecule has 1 aromatic rings. The van der Waals surface area contributed by atoms with E-state index in [0.29, 0.717) is 18.5 Å². The van der Waals surface area contributed by atoms with Gasteiger partial charge < -0.3 is 10.4 Å². The lowest BCUT2D eigenvalue weighted by Gasteiger charge is -2.08. The molecule has 1 atom stereocenters. The SMILES string of the molecule is Cc1cc(C(=O)NCCC(C)C(=O)O)ccn1. The van der Waals surface area contributed by atoms with Gasteiger partial charge in [0.1, 0.15) is 0 Å². The summed E-state index contributed by atoms with van der Waals surface area (Å²) >= 11 is 0. The summed E-state index contributed by atoms with van der Waals surface area (Å²) < 4.78 is 0. The molecule has 5 nitrogen and oxygen atoms in total. The molecule has 1 amide bonds. The fourth-order valence-corrected chi connectivity index (χ4v) is 1.31. The first-order chi connectivity index (χ1) is 8.00. The standard InChI is InChI=1S/C12H16N2O3/c1-8(12(16)17)3-5-14-11(15)10-4-6-13-9(2)7-10/h4,6-8H,3,5H2,1-2H3,(H,14,15)(H,16,17). The van der Waals surface area contributed by atoms with Gasteiger partial charge in [0.2, 0.25) is 0 Å². The Kier molecular flexibility index (Phi) is 4.63. The van der Waals surface area contributed by atoms with Crippen LogP contribution in [0.4, 0.5) is 0 Å². The highest BCUT2D eigenvalue weighted by molar-refractivity contribution is 5.94.